The molecule has 0 saturated heterocycles. The van der Waals surface area contributed by atoms with E-state index in [2.05, 4.69) is 30.7 Å². The molecule has 0 aliphatic heterocycles. The Balaban J connectivity index is 1.84. The Morgan fingerprint density at radius 3 is 2.85 bits per heavy atom. The Morgan fingerprint density at radius 1 is 1.25 bits per heavy atom. The van der Waals surface area contributed by atoms with Gasteiger partial charge < -0.3 is 9.73 Å². The number of nitrogens with two attached hydrogens (primary N) is 1. The molecule has 0 aromatic carbocycles. The molecule has 4 N–H and O–H groups in total. The Hall–Kier alpha value is -2.94. The molecule has 0 amide bonds. The molecule has 3 rings (SSSR count). The fourth-order valence-electron chi connectivity index (χ4n) is 1.58. The molecular weight excluding hydrogens is 260 g/mol. The highest BCUT2D eigenvalue weighted by Gasteiger charge is 2.07. The van der Waals surface area contributed by atoms with E-state index < -0.39 is 0 Å². The summed E-state index contributed by atoms with van der Waals surface area (Å²) in [4.78, 5) is 16.5. The van der Waals surface area contributed by atoms with E-state index >= 15 is 0 Å². The van der Waals surface area contributed by atoms with Crippen LogP contribution in [0.3, 0.4) is 0 Å². The second kappa shape index (κ2) is 5.36. The topological polar surface area (TPSA) is 120 Å². The molecule has 3 aromatic rings. The van der Waals surface area contributed by atoms with Crippen molar-refractivity contribution in [2.24, 2.45) is 5.84 Å². The van der Waals surface area contributed by atoms with Crippen LogP contribution >= 0.6 is 0 Å². The van der Waals surface area contributed by atoms with Crippen molar-refractivity contribution in [1.82, 2.24) is 24.5 Å². The van der Waals surface area contributed by atoms with Gasteiger partial charge in [0.1, 0.15) is 12.1 Å². The number of hydrogen-bond acceptors (Lipinski definition) is 8. The lowest BCUT2D eigenvalue weighted by molar-refractivity contribution is 0.517. The zero-order valence-electron chi connectivity index (χ0n) is 10.4. The lowest BCUT2D eigenvalue weighted by Crippen LogP contribution is -2.15. The number of nitrogens with one attached hydrogen (secondary N) is 2. The maximum absolute atomic E-state index is 5.36. The van der Waals surface area contributed by atoms with E-state index in [4.69, 9.17) is 10.3 Å². The van der Waals surface area contributed by atoms with Gasteiger partial charge in [0.25, 0.3) is 0 Å². The molecule has 0 radical (unpaired) electrons. The predicted octanol–water partition coefficient (Wildman–Crippen LogP) is 0.548. The molecule has 9 heteroatoms. The number of furan rings is 1. The number of anilines is 2. The van der Waals surface area contributed by atoms with E-state index in [1.165, 1.54) is 0 Å². The number of nitrogens with zero attached hydrogens (tertiary/aromatic N) is 5. The minimum atomic E-state index is 0.255. The van der Waals surface area contributed by atoms with Gasteiger partial charge in [0, 0.05) is 12.4 Å². The normalized spacial score (nSPS) is 10.4. The smallest absolute Gasteiger partial charge is 0.243 e. The van der Waals surface area contributed by atoms with Gasteiger partial charge in [0.15, 0.2) is 0 Å². The lowest BCUT2D eigenvalue weighted by Gasteiger charge is -2.07. The summed E-state index contributed by atoms with van der Waals surface area (Å²) in [6.07, 6.45) is 6.56. The minimum absolute atomic E-state index is 0.255. The van der Waals surface area contributed by atoms with Gasteiger partial charge in [-0.25, -0.2) is 10.8 Å². The lowest BCUT2D eigenvalue weighted by atomic mass is 10.4. The third-order valence-electron chi connectivity index (χ3n) is 2.49. The molecule has 0 fully saturated rings. The van der Waals surface area contributed by atoms with E-state index in [-0.39, 0.29) is 5.95 Å². The Morgan fingerprint density at radius 2 is 2.15 bits per heavy atom. The van der Waals surface area contributed by atoms with Crippen LogP contribution in [0.4, 0.5) is 11.9 Å². The molecule has 0 bridgehead atoms. The van der Waals surface area contributed by atoms with Crippen LogP contribution in [-0.4, -0.2) is 24.5 Å². The number of imidazole rings is 1. The maximum atomic E-state index is 5.36. The zero-order chi connectivity index (χ0) is 13.8. The first-order valence-corrected chi connectivity index (χ1v) is 5.82. The van der Waals surface area contributed by atoms with Crippen molar-refractivity contribution in [3.05, 3.63) is 42.9 Å². The first kappa shape index (κ1) is 12.1. The van der Waals surface area contributed by atoms with Crippen LogP contribution in [0.5, 0.6) is 0 Å². The van der Waals surface area contributed by atoms with Gasteiger partial charge in [-0.3, -0.25) is 9.99 Å². The summed E-state index contributed by atoms with van der Waals surface area (Å²) < 4.78 is 6.88. The molecule has 3 heterocycles. The third-order valence-corrected chi connectivity index (χ3v) is 2.49. The van der Waals surface area contributed by atoms with Crippen LogP contribution in [0, 0.1) is 0 Å². The summed E-state index contributed by atoms with van der Waals surface area (Å²) in [5.41, 5.74) is 2.40. The van der Waals surface area contributed by atoms with Crippen LogP contribution in [-0.2, 0) is 6.54 Å². The van der Waals surface area contributed by atoms with Crippen LogP contribution in [0.25, 0.3) is 5.95 Å². The third kappa shape index (κ3) is 2.57. The predicted molar refractivity (Wildman–Crippen MR) is 70.8 cm³/mol. The summed E-state index contributed by atoms with van der Waals surface area (Å²) in [6, 6.07) is 3.67. The molecule has 3 aromatic heterocycles. The quantitative estimate of drug-likeness (QED) is 0.455. The van der Waals surface area contributed by atoms with Crippen molar-refractivity contribution >= 4 is 11.9 Å². The maximum Gasteiger partial charge on any atom is 0.243 e. The summed E-state index contributed by atoms with van der Waals surface area (Å²) in [7, 11) is 0. The SMILES string of the molecule is NNc1nc(NCc2ccco2)nc(-n2ccnc2)n1. The Bertz CT molecular complexity index is 664. The highest BCUT2D eigenvalue weighted by molar-refractivity contribution is 5.37. The summed E-state index contributed by atoms with van der Waals surface area (Å²) >= 11 is 0. The molecule has 0 unspecified atom stereocenters. The van der Waals surface area contributed by atoms with Gasteiger partial charge in [-0.15, -0.1) is 0 Å². The molecule has 9 nitrogen and oxygen atoms in total. The van der Waals surface area contributed by atoms with E-state index in [9.17, 15) is 0 Å². The largest absolute Gasteiger partial charge is 0.467 e. The highest BCUT2D eigenvalue weighted by atomic mass is 16.3. The molecule has 0 atom stereocenters. The van der Waals surface area contributed by atoms with E-state index in [0.29, 0.717) is 18.4 Å². The fraction of sp³-hybridized carbons (Fsp3) is 0.0909. The molecule has 0 aliphatic rings. The van der Waals surface area contributed by atoms with Gasteiger partial charge in [0.2, 0.25) is 17.8 Å². The van der Waals surface area contributed by atoms with Crippen LogP contribution in [0.1, 0.15) is 5.76 Å². The molecular formula is C11H12N8O. The van der Waals surface area contributed by atoms with Crippen LogP contribution < -0.4 is 16.6 Å². The van der Waals surface area contributed by atoms with Crippen LogP contribution in [0.15, 0.2) is 41.5 Å². The molecule has 0 spiro atoms. The number of rotatable bonds is 5. The second-order valence-electron chi connectivity index (χ2n) is 3.83. The summed E-state index contributed by atoms with van der Waals surface area (Å²) in [5.74, 6) is 7.18. The van der Waals surface area contributed by atoms with Gasteiger partial charge in [-0.05, 0) is 12.1 Å². The molecule has 0 saturated carbocycles. The summed E-state index contributed by atoms with van der Waals surface area (Å²) in [6.45, 7) is 0.463. The summed E-state index contributed by atoms with van der Waals surface area (Å²) in [5, 5.41) is 3.04. The number of hydrogen-bond donors (Lipinski definition) is 3. The number of hydrazine groups is 1. The zero-order valence-corrected chi connectivity index (χ0v) is 10.4. The van der Waals surface area contributed by atoms with Crippen molar-refractivity contribution in [1.29, 1.82) is 0 Å². The van der Waals surface area contributed by atoms with E-state index in [1.54, 1.807) is 29.6 Å². The minimum Gasteiger partial charge on any atom is -0.467 e. The van der Waals surface area contributed by atoms with Gasteiger partial charge in [-0.2, -0.15) is 15.0 Å². The monoisotopic (exact) mass is 272 g/mol. The van der Waals surface area contributed by atoms with Crippen LogP contribution in [0.2, 0.25) is 0 Å². The van der Waals surface area contributed by atoms with Crippen molar-refractivity contribution in [2.45, 2.75) is 6.54 Å². The second-order valence-corrected chi connectivity index (χ2v) is 3.83. The van der Waals surface area contributed by atoms with Gasteiger partial charge in [0.05, 0.1) is 12.8 Å². The van der Waals surface area contributed by atoms with Crippen molar-refractivity contribution in [2.75, 3.05) is 10.7 Å². The van der Waals surface area contributed by atoms with Crippen molar-refractivity contribution < 1.29 is 4.42 Å². The first-order chi connectivity index (χ1) is 9.85. The molecule has 102 valence electrons. The number of nitrogen functional groups attached to an aromatic ring is 1. The average Bonchev–Trinajstić information content (AvgIpc) is 3.17. The molecule has 0 aliphatic carbocycles. The van der Waals surface area contributed by atoms with Crippen molar-refractivity contribution in [3.8, 4) is 5.95 Å². The van der Waals surface area contributed by atoms with Gasteiger partial charge in [-0.1, -0.05) is 0 Å². The first-order valence-electron chi connectivity index (χ1n) is 5.82. The van der Waals surface area contributed by atoms with E-state index in [0.717, 1.165) is 5.76 Å². The molecule has 20 heavy (non-hydrogen) atoms. The van der Waals surface area contributed by atoms with Gasteiger partial charge >= 0.3 is 0 Å². The standard InChI is InChI=1S/C11H12N8O/c12-18-10-15-9(14-6-8-2-1-5-20-8)16-11(17-10)19-4-3-13-7-19/h1-5,7H,6,12H2,(H2,14,15,16,17,18). The fourth-order valence-corrected chi connectivity index (χ4v) is 1.58. The Labute approximate surface area is 113 Å². The number of aromatic nitrogens is 5. The van der Waals surface area contributed by atoms with Crippen molar-refractivity contribution in [3.63, 3.8) is 0 Å². The average molecular weight is 272 g/mol. The van der Waals surface area contributed by atoms with E-state index in [1.807, 2.05) is 12.1 Å². The highest BCUT2D eigenvalue weighted by Crippen LogP contribution is 2.10. The Kier molecular flexibility index (Phi) is 3.25.